The predicted molar refractivity (Wildman–Crippen MR) is 94.3 cm³/mol. The third-order valence-electron chi connectivity index (χ3n) is 3.76. The summed E-state index contributed by atoms with van der Waals surface area (Å²) in [5, 5.41) is 5.43. The van der Waals surface area contributed by atoms with Gasteiger partial charge >= 0.3 is 6.18 Å². The van der Waals surface area contributed by atoms with E-state index in [0.717, 1.165) is 23.8 Å². The average Bonchev–Trinajstić information content (AvgIpc) is 2.61. The van der Waals surface area contributed by atoms with Gasteiger partial charge < -0.3 is 15.4 Å². The van der Waals surface area contributed by atoms with E-state index in [1.165, 1.54) is 18.2 Å². The fourth-order valence-corrected chi connectivity index (χ4v) is 2.44. The van der Waals surface area contributed by atoms with Gasteiger partial charge in [-0.25, -0.2) is 0 Å². The van der Waals surface area contributed by atoms with Gasteiger partial charge in [0.1, 0.15) is 5.75 Å². The number of hydrogen-bond donors (Lipinski definition) is 2. The van der Waals surface area contributed by atoms with Crippen LogP contribution in [-0.4, -0.2) is 26.1 Å². The quantitative estimate of drug-likeness (QED) is 0.697. The lowest BCUT2D eigenvalue weighted by molar-refractivity contribution is -0.137. The van der Waals surface area contributed by atoms with Crippen molar-refractivity contribution in [3.8, 4) is 5.75 Å². The molecule has 0 unspecified atom stereocenters. The van der Waals surface area contributed by atoms with E-state index in [9.17, 15) is 18.0 Å². The van der Waals surface area contributed by atoms with E-state index in [-0.39, 0.29) is 12.1 Å². The van der Waals surface area contributed by atoms with Crippen LogP contribution in [0.1, 0.15) is 17.5 Å². The number of carbonyl (C=O) groups excluding carboxylic acids is 1. The summed E-state index contributed by atoms with van der Waals surface area (Å²) in [4.78, 5) is 11.9. The number of rotatable bonds is 8. The zero-order chi connectivity index (χ0) is 19.0. The molecule has 2 aromatic carbocycles. The van der Waals surface area contributed by atoms with E-state index < -0.39 is 17.6 Å². The zero-order valence-electron chi connectivity index (χ0n) is 14.4. The molecule has 0 atom stereocenters. The molecule has 0 aliphatic heterocycles. The molecule has 0 aliphatic rings. The molecule has 140 valence electrons. The normalized spacial score (nSPS) is 11.2. The van der Waals surface area contributed by atoms with Gasteiger partial charge in [0, 0.05) is 13.0 Å². The van der Waals surface area contributed by atoms with Crippen LogP contribution in [-0.2, 0) is 17.4 Å². The largest absolute Gasteiger partial charge is 0.497 e. The zero-order valence-corrected chi connectivity index (χ0v) is 14.4. The number of methoxy groups -OCH3 is 1. The van der Waals surface area contributed by atoms with Crippen LogP contribution in [0.25, 0.3) is 0 Å². The number of hydrogen-bond acceptors (Lipinski definition) is 3. The molecule has 1 amide bonds. The van der Waals surface area contributed by atoms with Crippen LogP contribution in [0.4, 0.5) is 18.9 Å². The summed E-state index contributed by atoms with van der Waals surface area (Å²) in [6.45, 7) is 1.03. The Morgan fingerprint density at radius 1 is 1.08 bits per heavy atom. The summed E-state index contributed by atoms with van der Waals surface area (Å²) in [6, 6.07) is 12.6. The van der Waals surface area contributed by atoms with Crippen LogP contribution >= 0.6 is 0 Å². The van der Waals surface area contributed by atoms with Gasteiger partial charge in [-0.2, -0.15) is 13.2 Å². The maximum atomic E-state index is 12.9. The molecule has 4 nitrogen and oxygen atoms in total. The van der Waals surface area contributed by atoms with Crippen LogP contribution in [0.3, 0.4) is 0 Å². The highest BCUT2D eigenvalue weighted by Gasteiger charge is 2.33. The molecule has 0 aliphatic carbocycles. The van der Waals surface area contributed by atoms with E-state index in [1.807, 2.05) is 24.3 Å². The standard InChI is InChI=1S/C19H21F3N2O2/c1-26-15-6-4-5-14(13-15)9-11-23-12-10-18(25)24-17-8-3-2-7-16(17)19(20,21)22/h2-8,13,23H,9-12H2,1H3,(H,24,25). The first-order valence-corrected chi connectivity index (χ1v) is 8.20. The Balaban J connectivity index is 1.74. The average molecular weight is 366 g/mol. The minimum absolute atomic E-state index is 0.0876. The lowest BCUT2D eigenvalue weighted by Crippen LogP contribution is -2.24. The molecule has 7 heteroatoms. The molecule has 2 N–H and O–H groups in total. The highest BCUT2D eigenvalue weighted by Crippen LogP contribution is 2.34. The SMILES string of the molecule is COc1cccc(CCNCCC(=O)Nc2ccccc2C(F)(F)F)c1. The number of anilines is 1. The van der Waals surface area contributed by atoms with Gasteiger partial charge in [-0.15, -0.1) is 0 Å². The van der Waals surface area contributed by atoms with Crippen molar-refractivity contribution in [1.29, 1.82) is 0 Å². The Bertz CT molecular complexity index is 733. The second kappa shape index (κ2) is 9.24. The van der Waals surface area contributed by atoms with Crippen LogP contribution < -0.4 is 15.4 Å². The Morgan fingerprint density at radius 3 is 2.58 bits per heavy atom. The van der Waals surface area contributed by atoms with Crippen LogP contribution in [0, 0.1) is 0 Å². The van der Waals surface area contributed by atoms with Gasteiger partial charge in [0.25, 0.3) is 0 Å². The van der Waals surface area contributed by atoms with Crippen molar-refractivity contribution in [2.45, 2.75) is 19.0 Å². The third kappa shape index (κ3) is 6.07. The minimum atomic E-state index is -4.50. The summed E-state index contributed by atoms with van der Waals surface area (Å²) in [7, 11) is 1.60. The lowest BCUT2D eigenvalue weighted by Gasteiger charge is -2.13. The number of para-hydroxylation sites is 1. The van der Waals surface area contributed by atoms with E-state index in [0.29, 0.717) is 13.1 Å². The lowest BCUT2D eigenvalue weighted by atomic mass is 10.1. The highest BCUT2D eigenvalue weighted by atomic mass is 19.4. The van der Waals surface area contributed by atoms with Crippen molar-refractivity contribution in [3.05, 3.63) is 59.7 Å². The molecule has 0 spiro atoms. The van der Waals surface area contributed by atoms with Crippen LogP contribution in [0.2, 0.25) is 0 Å². The summed E-state index contributed by atoms with van der Waals surface area (Å²) >= 11 is 0. The third-order valence-corrected chi connectivity index (χ3v) is 3.76. The second-order valence-electron chi connectivity index (χ2n) is 5.69. The molecule has 0 saturated carbocycles. The van der Waals surface area contributed by atoms with Gasteiger partial charge in [-0.05, 0) is 42.8 Å². The molecule has 0 radical (unpaired) electrons. The Labute approximate surface area is 150 Å². The Hall–Kier alpha value is -2.54. The molecule has 0 fully saturated rings. The molecular formula is C19H21F3N2O2. The van der Waals surface area contributed by atoms with Crippen LogP contribution in [0.15, 0.2) is 48.5 Å². The highest BCUT2D eigenvalue weighted by molar-refractivity contribution is 5.91. The number of alkyl halides is 3. The maximum absolute atomic E-state index is 12.9. The van der Waals surface area contributed by atoms with Crippen molar-refractivity contribution in [2.24, 2.45) is 0 Å². The van der Waals surface area contributed by atoms with Crippen molar-refractivity contribution in [1.82, 2.24) is 5.32 Å². The number of carbonyl (C=O) groups is 1. The topological polar surface area (TPSA) is 50.4 Å². The van der Waals surface area contributed by atoms with Gasteiger partial charge in [0.15, 0.2) is 0 Å². The first-order chi connectivity index (χ1) is 12.4. The van der Waals surface area contributed by atoms with Crippen LogP contribution in [0.5, 0.6) is 5.75 Å². The molecule has 2 rings (SSSR count). The van der Waals surface area contributed by atoms with Gasteiger partial charge in [-0.3, -0.25) is 4.79 Å². The van der Waals surface area contributed by atoms with Gasteiger partial charge in [0.05, 0.1) is 18.4 Å². The van der Waals surface area contributed by atoms with E-state index in [2.05, 4.69) is 10.6 Å². The number of halogens is 3. The maximum Gasteiger partial charge on any atom is 0.418 e. The van der Waals surface area contributed by atoms with Crippen molar-refractivity contribution < 1.29 is 22.7 Å². The number of nitrogens with one attached hydrogen (secondary N) is 2. The smallest absolute Gasteiger partial charge is 0.418 e. The molecular weight excluding hydrogens is 345 g/mol. The fraction of sp³-hybridized carbons (Fsp3) is 0.316. The van der Waals surface area contributed by atoms with Crippen molar-refractivity contribution in [2.75, 3.05) is 25.5 Å². The Kier molecular flexibility index (Phi) is 7.03. The molecule has 0 saturated heterocycles. The first kappa shape index (κ1) is 19.8. The van der Waals surface area contributed by atoms with Gasteiger partial charge in [0.2, 0.25) is 5.91 Å². The fourth-order valence-electron chi connectivity index (χ4n) is 2.44. The molecule has 2 aromatic rings. The summed E-state index contributed by atoms with van der Waals surface area (Å²) in [5.41, 5.74) is 0.0288. The summed E-state index contributed by atoms with van der Waals surface area (Å²) < 4.78 is 43.8. The van der Waals surface area contributed by atoms with Crippen molar-refractivity contribution >= 4 is 11.6 Å². The monoisotopic (exact) mass is 366 g/mol. The summed E-state index contributed by atoms with van der Waals surface area (Å²) in [5.74, 6) is 0.320. The molecule has 0 aromatic heterocycles. The predicted octanol–water partition coefficient (Wildman–Crippen LogP) is 3.87. The molecule has 26 heavy (non-hydrogen) atoms. The summed E-state index contributed by atoms with van der Waals surface area (Å²) in [6.07, 6.45) is -3.65. The van der Waals surface area contributed by atoms with E-state index in [1.54, 1.807) is 7.11 Å². The Morgan fingerprint density at radius 2 is 1.85 bits per heavy atom. The number of amides is 1. The van der Waals surface area contributed by atoms with E-state index >= 15 is 0 Å². The first-order valence-electron chi connectivity index (χ1n) is 8.20. The minimum Gasteiger partial charge on any atom is -0.497 e. The number of ether oxygens (including phenoxy) is 1. The van der Waals surface area contributed by atoms with Gasteiger partial charge in [-0.1, -0.05) is 24.3 Å². The molecule has 0 bridgehead atoms. The number of benzene rings is 2. The second-order valence-corrected chi connectivity index (χ2v) is 5.69. The van der Waals surface area contributed by atoms with Crippen molar-refractivity contribution in [3.63, 3.8) is 0 Å². The molecule has 0 heterocycles. The van der Waals surface area contributed by atoms with E-state index in [4.69, 9.17) is 4.74 Å².